The molecule has 3 aromatic heterocycles. The number of hydrogen-bond donors (Lipinski definition) is 0. The number of hydrogen-bond acceptors (Lipinski definition) is 3. The highest BCUT2D eigenvalue weighted by Crippen LogP contribution is 2.40. The lowest BCUT2D eigenvalue weighted by molar-refractivity contribution is 0.590. The third kappa shape index (κ3) is 7.68. The standard InChI is InChI=1S/C61H61N5/c1-58(2,3)41-24-28-51-47(34-41)48-35-42(59(4,5)6)25-29-52(48)65(51)45-22-16-20-39(32-45)56-62-55(38-18-14-13-15-19-38)63-57(64-56)40-21-17-23-46(33-40)66-53-30-26-43(60(7,8)9)36-49(53)50-37-44(61(10,11)12)27-31-54(50)66/h13-37H,1-12H3. The molecule has 0 bridgehead atoms. The van der Waals surface area contributed by atoms with Crippen LogP contribution in [0.1, 0.15) is 105 Å². The van der Waals surface area contributed by atoms with E-state index in [0.29, 0.717) is 17.5 Å². The van der Waals surface area contributed by atoms with Gasteiger partial charge in [0.1, 0.15) is 0 Å². The van der Waals surface area contributed by atoms with Crippen LogP contribution in [0.3, 0.4) is 0 Å². The van der Waals surface area contributed by atoms with Gasteiger partial charge in [-0.3, -0.25) is 0 Å². The molecular weight excluding hydrogens is 803 g/mol. The Morgan fingerprint density at radius 3 is 0.879 bits per heavy atom. The van der Waals surface area contributed by atoms with E-state index in [9.17, 15) is 0 Å². The van der Waals surface area contributed by atoms with Gasteiger partial charge in [0.2, 0.25) is 0 Å². The lowest BCUT2D eigenvalue weighted by Crippen LogP contribution is -2.10. The van der Waals surface area contributed by atoms with Crippen LogP contribution in [0.4, 0.5) is 0 Å². The van der Waals surface area contributed by atoms with Gasteiger partial charge in [0.15, 0.2) is 17.5 Å². The maximum Gasteiger partial charge on any atom is 0.164 e. The Hall–Kier alpha value is -6.85. The van der Waals surface area contributed by atoms with Crippen molar-refractivity contribution in [3.63, 3.8) is 0 Å². The summed E-state index contributed by atoms with van der Waals surface area (Å²) in [5.74, 6) is 1.88. The first-order valence-corrected chi connectivity index (χ1v) is 23.4. The maximum atomic E-state index is 5.31. The largest absolute Gasteiger partial charge is 0.309 e. The Morgan fingerprint density at radius 1 is 0.288 bits per heavy atom. The molecule has 7 aromatic carbocycles. The Bertz CT molecular complexity index is 3150. The van der Waals surface area contributed by atoms with E-state index in [1.807, 2.05) is 18.2 Å². The van der Waals surface area contributed by atoms with Gasteiger partial charge in [0.05, 0.1) is 22.1 Å². The van der Waals surface area contributed by atoms with Crippen LogP contribution in [-0.4, -0.2) is 24.1 Å². The van der Waals surface area contributed by atoms with Crippen LogP contribution in [-0.2, 0) is 21.7 Å². The van der Waals surface area contributed by atoms with E-state index in [4.69, 9.17) is 15.0 Å². The average Bonchev–Trinajstić information content (AvgIpc) is 3.79. The minimum atomic E-state index is 0.0201. The average molecular weight is 864 g/mol. The molecule has 330 valence electrons. The van der Waals surface area contributed by atoms with E-state index in [1.165, 1.54) is 65.9 Å². The molecule has 66 heavy (non-hydrogen) atoms. The molecule has 0 fully saturated rings. The molecule has 0 atom stereocenters. The van der Waals surface area contributed by atoms with Crippen molar-refractivity contribution in [1.29, 1.82) is 0 Å². The summed E-state index contributed by atoms with van der Waals surface area (Å²) in [4.78, 5) is 15.7. The van der Waals surface area contributed by atoms with E-state index >= 15 is 0 Å². The SMILES string of the molecule is CC(C)(C)c1ccc2c(c1)c1cc(C(C)(C)C)ccc1n2-c1cccc(-c2nc(-c3ccccc3)nc(-c3cccc(-n4c5ccc(C(C)(C)C)cc5c5cc(C(C)(C)C)ccc54)c3)n2)c1. The molecule has 0 spiro atoms. The van der Waals surface area contributed by atoms with E-state index in [0.717, 1.165) is 28.1 Å². The molecule has 0 radical (unpaired) electrons. The molecule has 5 nitrogen and oxygen atoms in total. The van der Waals surface area contributed by atoms with Crippen molar-refractivity contribution in [2.45, 2.75) is 105 Å². The van der Waals surface area contributed by atoms with Gasteiger partial charge in [-0.05, 0) is 117 Å². The predicted molar refractivity (Wildman–Crippen MR) is 280 cm³/mol. The smallest absolute Gasteiger partial charge is 0.164 e. The normalized spacial score (nSPS) is 12.8. The van der Waals surface area contributed by atoms with Crippen LogP contribution in [0, 0.1) is 0 Å². The van der Waals surface area contributed by atoms with Crippen LogP contribution in [0.2, 0.25) is 0 Å². The van der Waals surface area contributed by atoms with Crippen LogP contribution >= 0.6 is 0 Å². The molecule has 0 aliphatic heterocycles. The first-order valence-electron chi connectivity index (χ1n) is 23.4. The molecule has 0 N–H and O–H groups in total. The summed E-state index contributed by atoms with van der Waals surface area (Å²) in [5.41, 5.74) is 15.0. The first-order chi connectivity index (χ1) is 31.2. The highest BCUT2D eigenvalue weighted by molar-refractivity contribution is 6.11. The van der Waals surface area contributed by atoms with Crippen molar-refractivity contribution in [3.8, 4) is 45.5 Å². The third-order valence-corrected chi connectivity index (χ3v) is 13.4. The summed E-state index contributed by atoms with van der Waals surface area (Å²) in [6.45, 7) is 27.4. The molecule has 0 amide bonds. The maximum absolute atomic E-state index is 5.31. The Morgan fingerprint density at radius 2 is 0.576 bits per heavy atom. The summed E-state index contributed by atoms with van der Waals surface area (Å²) < 4.78 is 4.80. The van der Waals surface area contributed by atoms with Gasteiger partial charge in [-0.1, -0.05) is 162 Å². The summed E-state index contributed by atoms with van der Waals surface area (Å²) in [7, 11) is 0. The second-order valence-electron chi connectivity index (χ2n) is 22.4. The fourth-order valence-corrected chi connectivity index (χ4v) is 9.39. The molecule has 5 heteroatoms. The van der Waals surface area contributed by atoms with Crippen molar-refractivity contribution in [3.05, 3.63) is 174 Å². The number of rotatable bonds is 5. The molecule has 0 saturated heterocycles. The zero-order valence-electron chi connectivity index (χ0n) is 40.7. The van der Waals surface area contributed by atoms with E-state index in [-0.39, 0.29) is 21.7 Å². The van der Waals surface area contributed by atoms with Crippen LogP contribution in [0.15, 0.2) is 152 Å². The number of fused-ring (bicyclic) bond motifs is 6. The lowest BCUT2D eigenvalue weighted by Gasteiger charge is -2.19. The predicted octanol–water partition coefficient (Wildman–Crippen LogP) is 16.3. The molecule has 10 rings (SSSR count). The first kappa shape index (κ1) is 43.1. The molecular formula is C61H61N5. The van der Waals surface area contributed by atoms with Crippen LogP contribution < -0.4 is 0 Å². The van der Waals surface area contributed by atoms with E-state index in [2.05, 4.69) is 226 Å². The van der Waals surface area contributed by atoms with Gasteiger partial charge in [0.25, 0.3) is 0 Å². The second-order valence-corrected chi connectivity index (χ2v) is 22.4. The molecule has 0 unspecified atom stereocenters. The number of nitrogens with zero attached hydrogens (tertiary/aromatic N) is 5. The summed E-state index contributed by atoms with van der Waals surface area (Å²) >= 11 is 0. The van der Waals surface area contributed by atoms with Crippen molar-refractivity contribution in [2.24, 2.45) is 0 Å². The molecule has 0 saturated carbocycles. The third-order valence-electron chi connectivity index (χ3n) is 13.4. The fraction of sp³-hybridized carbons (Fsp3) is 0.262. The van der Waals surface area contributed by atoms with Crippen LogP contribution in [0.5, 0.6) is 0 Å². The summed E-state index contributed by atoms with van der Waals surface area (Å²) in [6.07, 6.45) is 0. The van der Waals surface area contributed by atoms with Crippen molar-refractivity contribution in [2.75, 3.05) is 0 Å². The number of aromatic nitrogens is 5. The van der Waals surface area contributed by atoms with E-state index in [1.54, 1.807) is 0 Å². The van der Waals surface area contributed by atoms with Gasteiger partial charge in [-0.15, -0.1) is 0 Å². The van der Waals surface area contributed by atoms with E-state index < -0.39 is 0 Å². The summed E-state index contributed by atoms with van der Waals surface area (Å²) in [5, 5.41) is 5.04. The zero-order chi connectivity index (χ0) is 46.5. The molecule has 10 aromatic rings. The van der Waals surface area contributed by atoms with Gasteiger partial charge < -0.3 is 9.13 Å². The fourth-order valence-electron chi connectivity index (χ4n) is 9.39. The minimum Gasteiger partial charge on any atom is -0.309 e. The van der Waals surface area contributed by atoms with Crippen molar-refractivity contribution >= 4 is 43.6 Å². The van der Waals surface area contributed by atoms with Crippen molar-refractivity contribution < 1.29 is 0 Å². The van der Waals surface area contributed by atoms with Gasteiger partial charge in [-0.25, -0.2) is 15.0 Å². The topological polar surface area (TPSA) is 48.5 Å². The Balaban J connectivity index is 1.14. The van der Waals surface area contributed by atoms with Gasteiger partial charge in [0, 0.05) is 49.6 Å². The quantitative estimate of drug-likeness (QED) is 0.173. The zero-order valence-corrected chi connectivity index (χ0v) is 40.7. The van der Waals surface area contributed by atoms with Crippen LogP contribution in [0.25, 0.3) is 89.2 Å². The second kappa shape index (κ2) is 15.4. The molecule has 3 heterocycles. The monoisotopic (exact) mass is 863 g/mol. The highest BCUT2D eigenvalue weighted by atomic mass is 15.0. The van der Waals surface area contributed by atoms with Gasteiger partial charge in [-0.2, -0.15) is 0 Å². The minimum absolute atomic E-state index is 0.0201. The molecule has 0 aliphatic rings. The molecule has 0 aliphatic carbocycles. The lowest BCUT2D eigenvalue weighted by atomic mass is 9.85. The van der Waals surface area contributed by atoms with Gasteiger partial charge >= 0.3 is 0 Å². The Labute approximate surface area is 390 Å². The summed E-state index contributed by atoms with van der Waals surface area (Å²) in [6, 6.07) is 55.5. The highest BCUT2D eigenvalue weighted by Gasteiger charge is 2.24. The Kier molecular flexibility index (Phi) is 10.0. The number of benzene rings is 7. The van der Waals surface area contributed by atoms with Crippen molar-refractivity contribution in [1.82, 2.24) is 24.1 Å².